The molecule has 0 radical (unpaired) electrons. The lowest BCUT2D eigenvalue weighted by Crippen LogP contribution is -2.37. The van der Waals surface area contributed by atoms with E-state index >= 15 is 0 Å². The minimum Gasteiger partial charge on any atom is -0.365 e. The Kier molecular flexibility index (Phi) is 3.60. The Morgan fingerprint density at radius 3 is 2.61 bits per heavy atom. The van der Waals surface area contributed by atoms with E-state index < -0.39 is 5.91 Å². The van der Waals surface area contributed by atoms with Crippen LogP contribution in [-0.4, -0.2) is 29.8 Å². The van der Waals surface area contributed by atoms with E-state index in [9.17, 15) is 9.59 Å². The number of nitrogens with two attached hydrogens (primary N) is 1. The van der Waals surface area contributed by atoms with Crippen LogP contribution in [0.5, 0.6) is 0 Å². The molecular formula is C13H17N3O2. The Balaban J connectivity index is 2.15. The molecule has 2 N–H and O–H groups in total. The number of carbonyl (C=O) groups is 2. The Hall–Kier alpha value is -1.91. The zero-order valence-electron chi connectivity index (χ0n) is 10.4. The Labute approximate surface area is 106 Å². The SMILES string of the molecule is CC(=O)C1CCN(c2ncccc2C(N)=O)CC1. The minimum atomic E-state index is -0.466. The maximum atomic E-state index is 11.3. The fourth-order valence-corrected chi connectivity index (χ4v) is 2.34. The largest absolute Gasteiger partial charge is 0.365 e. The summed E-state index contributed by atoms with van der Waals surface area (Å²) in [6.07, 6.45) is 3.27. The van der Waals surface area contributed by atoms with Crippen LogP contribution in [0.25, 0.3) is 0 Å². The number of aromatic nitrogens is 1. The number of hydrogen-bond acceptors (Lipinski definition) is 4. The zero-order valence-corrected chi connectivity index (χ0v) is 10.4. The number of Topliss-reactive ketones (excluding diaryl/α,β-unsaturated/α-hetero) is 1. The molecule has 1 aliphatic rings. The number of pyridine rings is 1. The van der Waals surface area contributed by atoms with E-state index in [0.717, 1.165) is 25.9 Å². The van der Waals surface area contributed by atoms with Gasteiger partial charge in [-0.25, -0.2) is 4.98 Å². The maximum absolute atomic E-state index is 11.3. The highest BCUT2D eigenvalue weighted by atomic mass is 16.1. The van der Waals surface area contributed by atoms with Crippen molar-refractivity contribution >= 4 is 17.5 Å². The number of primary amides is 1. The van der Waals surface area contributed by atoms with Gasteiger partial charge in [0.15, 0.2) is 0 Å². The van der Waals surface area contributed by atoms with Crippen LogP contribution in [0.3, 0.4) is 0 Å². The van der Waals surface area contributed by atoms with Gasteiger partial charge in [0.05, 0.1) is 5.56 Å². The van der Waals surface area contributed by atoms with Gasteiger partial charge in [-0.1, -0.05) is 0 Å². The zero-order chi connectivity index (χ0) is 13.1. The van der Waals surface area contributed by atoms with Gasteiger partial charge >= 0.3 is 0 Å². The first-order valence-electron chi connectivity index (χ1n) is 6.10. The lowest BCUT2D eigenvalue weighted by Gasteiger charge is -2.32. The van der Waals surface area contributed by atoms with Crippen LogP contribution in [0, 0.1) is 5.92 Å². The summed E-state index contributed by atoms with van der Waals surface area (Å²) in [6.45, 7) is 3.11. The van der Waals surface area contributed by atoms with Crippen molar-refractivity contribution in [1.82, 2.24) is 4.98 Å². The van der Waals surface area contributed by atoms with E-state index in [1.165, 1.54) is 0 Å². The first-order valence-corrected chi connectivity index (χ1v) is 6.10. The third kappa shape index (κ3) is 2.50. The molecule has 1 fully saturated rings. The van der Waals surface area contributed by atoms with Gasteiger partial charge in [-0.05, 0) is 31.9 Å². The summed E-state index contributed by atoms with van der Waals surface area (Å²) in [6, 6.07) is 3.38. The van der Waals surface area contributed by atoms with Crippen molar-refractivity contribution in [3.05, 3.63) is 23.9 Å². The molecule has 18 heavy (non-hydrogen) atoms. The number of anilines is 1. The normalized spacial score (nSPS) is 16.6. The van der Waals surface area contributed by atoms with Crippen LogP contribution in [0.15, 0.2) is 18.3 Å². The first kappa shape index (κ1) is 12.5. The van der Waals surface area contributed by atoms with Crippen molar-refractivity contribution in [1.29, 1.82) is 0 Å². The Morgan fingerprint density at radius 2 is 2.06 bits per heavy atom. The molecule has 2 heterocycles. The Morgan fingerprint density at radius 1 is 1.39 bits per heavy atom. The second kappa shape index (κ2) is 5.16. The summed E-state index contributed by atoms with van der Waals surface area (Å²) in [4.78, 5) is 28.9. The number of piperidine rings is 1. The van der Waals surface area contributed by atoms with E-state index in [2.05, 4.69) is 4.98 Å². The highest BCUT2D eigenvalue weighted by molar-refractivity contribution is 5.97. The lowest BCUT2D eigenvalue weighted by atomic mass is 9.93. The summed E-state index contributed by atoms with van der Waals surface area (Å²) in [7, 11) is 0. The smallest absolute Gasteiger partial charge is 0.252 e. The molecule has 1 amide bonds. The fraction of sp³-hybridized carbons (Fsp3) is 0.462. The third-order valence-electron chi connectivity index (χ3n) is 3.42. The number of rotatable bonds is 3. The molecule has 0 spiro atoms. The van der Waals surface area contributed by atoms with E-state index in [0.29, 0.717) is 11.4 Å². The van der Waals surface area contributed by atoms with Gasteiger partial charge in [0.25, 0.3) is 5.91 Å². The van der Waals surface area contributed by atoms with E-state index in [1.807, 2.05) is 4.90 Å². The number of carbonyl (C=O) groups excluding carboxylic acids is 2. The Bertz CT molecular complexity index is 465. The highest BCUT2D eigenvalue weighted by Crippen LogP contribution is 2.24. The molecule has 0 unspecified atom stereocenters. The van der Waals surface area contributed by atoms with Crippen molar-refractivity contribution in [2.24, 2.45) is 11.7 Å². The average molecular weight is 247 g/mol. The van der Waals surface area contributed by atoms with Crippen molar-refractivity contribution < 1.29 is 9.59 Å². The third-order valence-corrected chi connectivity index (χ3v) is 3.42. The summed E-state index contributed by atoms with van der Waals surface area (Å²) in [5.41, 5.74) is 5.78. The van der Waals surface area contributed by atoms with Crippen molar-refractivity contribution in [2.45, 2.75) is 19.8 Å². The molecule has 1 aromatic rings. The molecule has 1 saturated heterocycles. The molecule has 0 aliphatic carbocycles. The van der Waals surface area contributed by atoms with Gasteiger partial charge in [-0.2, -0.15) is 0 Å². The summed E-state index contributed by atoms with van der Waals surface area (Å²) < 4.78 is 0. The first-order chi connectivity index (χ1) is 8.59. The predicted octanol–water partition coefficient (Wildman–Crippen LogP) is 0.986. The molecule has 0 atom stereocenters. The van der Waals surface area contributed by atoms with Crippen molar-refractivity contribution in [2.75, 3.05) is 18.0 Å². The second-order valence-corrected chi connectivity index (χ2v) is 4.61. The van der Waals surface area contributed by atoms with E-state index in [1.54, 1.807) is 25.3 Å². The topological polar surface area (TPSA) is 76.3 Å². The molecule has 96 valence electrons. The summed E-state index contributed by atoms with van der Waals surface area (Å²) in [5.74, 6) is 0.548. The van der Waals surface area contributed by atoms with Gasteiger partial charge < -0.3 is 10.6 Å². The molecule has 1 aliphatic heterocycles. The van der Waals surface area contributed by atoms with Crippen LogP contribution in [-0.2, 0) is 4.79 Å². The molecule has 2 rings (SSSR count). The van der Waals surface area contributed by atoms with Gasteiger partial charge in [0.2, 0.25) is 0 Å². The van der Waals surface area contributed by atoms with Crippen molar-refractivity contribution in [3.8, 4) is 0 Å². The molecule has 0 saturated carbocycles. The fourth-order valence-electron chi connectivity index (χ4n) is 2.34. The summed E-state index contributed by atoms with van der Waals surface area (Å²) >= 11 is 0. The number of amides is 1. The van der Waals surface area contributed by atoms with Crippen LogP contribution in [0.1, 0.15) is 30.1 Å². The summed E-state index contributed by atoms with van der Waals surface area (Å²) in [5, 5.41) is 0. The average Bonchev–Trinajstić information content (AvgIpc) is 2.39. The van der Waals surface area contributed by atoms with Crippen LogP contribution < -0.4 is 10.6 Å². The van der Waals surface area contributed by atoms with Crippen molar-refractivity contribution in [3.63, 3.8) is 0 Å². The molecule has 1 aromatic heterocycles. The van der Waals surface area contributed by atoms with Gasteiger partial charge in [-0.15, -0.1) is 0 Å². The number of nitrogens with zero attached hydrogens (tertiary/aromatic N) is 2. The van der Waals surface area contributed by atoms with E-state index in [4.69, 9.17) is 5.73 Å². The second-order valence-electron chi connectivity index (χ2n) is 4.61. The monoisotopic (exact) mass is 247 g/mol. The molecule has 5 nitrogen and oxygen atoms in total. The van der Waals surface area contributed by atoms with Crippen LogP contribution in [0.4, 0.5) is 5.82 Å². The van der Waals surface area contributed by atoms with Gasteiger partial charge in [0, 0.05) is 25.2 Å². The molecule has 5 heteroatoms. The molecule has 0 bridgehead atoms. The predicted molar refractivity (Wildman–Crippen MR) is 68.4 cm³/mol. The van der Waals surface area contributed by atoms with Gasteiger partial charge in [0.1, 0.15) is 11.6 Å². The quantitative estimate of drug-likeness (QED) is 0.864. The minimum absolute atomic E-state index is 0.141. The van der Waals surface area contributed by atoms with Crippen LogP contribution in [0.2, 0.25) is 0 Å². The highest BCUT2D eigenvalue weighted by Gasteiger charge is 2.25. The lowest BCUT2D eigenvalue weighted by molar-refractivity contribution is -0.121. The number of ketones is 1. The van der Waals surface area contributed by atoms with Gasteiger partial charge in [-0.3, -0.25) is 9.59 Å². The standard InChI is InChI=1S/C13H17N3O2/c1-9(17)10-4-7-16(8-5-10)13-11(12(14)18)3-2-6-15-13/h2-3,6,10H,4-5,7-8H2,1H3,(H2,14,18). The van der Waals surface area contributed by atoms with Crippen LogP contribution >= 0.6 is 0 Å². The number of hydrogen-bond donors (Lipinski definition) is 1. The maximum Gasteiger partial charge on any atom is 0.252 e. The molecule has 0 aromatic carbocycles. The molecular weight excluding hydrogens is 230 g/mol. The van der Waals surface area contributed by atoms with E-state index in [-0.39, 0.29) is 11.7 Å².